The molecule has 0 bridgehead atoms. The van der Waals surface area contributed by atoms with Crippen LogP contribution in [0.15, 0.2) is 41.6 Å². The van der Waals surface area contributed by atoms with E-state index < -0.39 is 0 Å². The van der Waals surface area contributed by atoms with Gasteiger partial charge in [-0.3, -0.25) is 4.79 Å². The predicted molar refractivity (Wildman–Crippen MR) is 84.8 cm³/mol. The Morgan fingerprint density at radius 2 is 2.00 bits per heavy atom. The number of carbonyl (C=O) groups is 1. The van der Waals surface area contributed by atoms with Crippen LogP contribution in [0.4, 0.5) is 5.69 Å². The molecule has 0 saturated carbocycles. The number of anilines is 1. The summed E-state index contributed by atoms with van der Waals surface area (Å²) in [7, 11) is 0. The van der Waals surface area contributed by atoms with Crippen LogP contribution >= 0.6 is 35.0 Å². The van der Waals surface area contributed by atoms with E-state index in [0.717, 1.165) is 0 Å². The topological polar surface area (TPSA) is 65.8 Å². The number of halogens is 2. The fraction of sp³-hybridized carbons (Fsp3) is 0.0714. The first-order valence-corrected chi connectivity index (χ1v) is 7.57. The summed E-state index contributed by atoms with van der Waals surface area (Å²) in [5, 5.41) is 12.9. The number of thioether (sulfide) groups is 1. The largest absolute Gasteiger partial charge is 0.323 e. The molecule has 0 aliphatic heterocycles. The quantitative estimate of drug-likeness (QED) is 0.856. The van der Waals surface area contributed by atoms with E-state index in [0.29, 0.717) is 26.3 Å². The van der Waals surface area contributed by atoms with Gasteiger partial charge in [-0.1, -0.05) is 41.0 Å². The van der Waals surface area contributed by atoms with Gasteiger partial charge < -0.3 is 5.32 Å². The first kappa shape index (κ1) is 15.6. The van der Waals surface area contributed by atoms with Gasteiger partial charge in [0, 0.05) is 6.20 Å². The summed E-state index contributed by atoms with van der Waals surface area (Å²) in [5.41, 5.74) is 0.819. The fourth-order valence-electron chi connectivity index (χ4n) is 1.52. The van der Waals surface area contributed by atoms with Gasteiger partial charge in [-0.25, -0.2) is 4.98 Å². The highest BCUT2D eigenvalue weighted by Crippen LogP contribution is 2.30. The summed E-state index contributed by atoms with van der Waals surface area (Å²) in [6.07, 6.45) is 1.58. The highest BCUT2D eigenvalue weighted by atomic mass is 35.5. The van der Waals surface area contributed by atoms with Crippen molar-refractivity contribution < 1.29 is 4.79 Å². The molecular weight excluding hydrogens is 329 g/mol. The van der Waals surface area contributed by atoms with Gasteiger partial charge in [0.2, 0.25) is 5.91 Å². The van der Waals surface area contributed by atoms with Gasteiger partial charge in [0.25, 0.3) is 0 Å². The van der Waals surface area contributed by atoms with Crippen molar-refractivity contribution >= 4 is 46.6 Å². The third-order valence-corrected chi connectivity index (χ3v) is 4.09. The Balaban J connectivity index is 2.02. The lowest BCUT2D eigenvalue weighted by molar-refractivity contribution is -0.113. The van der Waals surface area contributed by atoms with Gasteiger partial charge in [-0.15, -0.1) is 0 Å². The lowest BCUT2D eigenvalue weighted by Crippen LogP contribution is -2.15. The van der Waals surface area contributed by atoms with Gasteiger partial charge in [0.1, 0.15) is 11.1 Å². The molecule has 0 aliphatic carbocycles. The van der Waals surface area contributed by atoms with Crippen molar-refractivity contribution in [1.82, 2.24) is 4.98 Å². The fourth-order valence-corrected chi connectivity index (χ4v) is 2.75. The number of hydrogen-bond donors (Lipinski definition) is 1. The number of nitriles is 1. The SMILES string of the molecule is N#Cc1cccnc1SCC(=O)Nc1c(Cl)cccc1Cl. The minimum Gasteiger partial charge on any atom is -0.323 e. The Hall–Kier alpha value is -1.74. The normalized spacial score (nSPS) is 9.95. The smallest absolute Gasteiger partial charge is 0.234 e. The van der Waals surface area contributed by atoms with Crippen molar-refractivity contribution in [2.45, 2.75) is 5.03 Å². The van der Waals surface area contributed by atoms with Crippen LogP contribution in [0.3, 0.4) is 0 Å². The molecule has 0 radical (unpaired) electrons. The Bertz CT molecular complexity index is 695. The second kappa shape index (κ2) is 7.32. The van der Waals surface area contributed by atoms with Crippen LogP contribution in [0.2, 0.25) is 10.0 Å². The summed E-state index contributed by atoms with van der Waals surface area (Å²) in [6.45, 7) is 0. The zero-order valence-electron chi connectivity index (χ0n) is 10.6. The number of nitrogens with zero attached hydrogens (tertiary/aromatic N) is 2. The molecule has 0 spiro atoms. The number of para-hydroxylation sites is 1. The van der Waals surface area contributed by atoms with Crippen molar-refractivity contribution in [1.29, 1.82) is 5.26 Å². The van der Waals surface area contributed by atoms with Crippen molar-refractivity contribution in [3.05, 3.63) is 52.1 Å². The Kier molecular flexibility index (Phi) is 5.45. The number of carbonyl (C=O) groups excluding carboxylic acids is 1. The van der Waals surface area contributed by atoms with Crippen LogP contribution in [-0.2, 0) is 4.79 Å². The number of benzene rings is 1. The molecule has 2 rings (SSSR count). The van der Waals surface area contributed by atoms with E-state index in [4.69, 9.17) is 28.5 Å². The van der Waals surface area contributed by atoms with Crippen LogP contribution in [-0.4, -0.2) is 16.6 Å². The highest BCUT2D eigenvalue weighted by Gasteiger charge is 2.11. The van der Waals surface area contributed by atoms with E-state index in [1.54, 1.807) is 36.5 Å². The minimum atomic E-state index is -0.274. The standard InChI is InChI=1S/C14H9Cl2N3OS/c15-10-4-1-5-11(16)13(10)19-12(20)8-21-14-9(7-17)3-2-6-18-14/h1-6H,8H2,(H,19,20). The summed E-state index contributed by atoms with van der Waals surface area (Å²) in [6, 6.07) is 10.3. The summed E-state index contributed by atoms with van der Waals surface area (Å²) in [4.78, 5) is 16.0. The lowest BCUT2D eigenvalue weighted by atomic mass is 10.3. The molecule has 106 valence electrons. The number of aromatic nitrogens is 1. The van der Waals surface area contributed by atoms with Crippen LogP contribution < -0.4 is 5.32 Å². The van der Waals surface area contributed by atoms with Gasteiger partial charge in [-0.05, 0) is 24.3 Å². The van der Waals surface area contributed by atoms with E-state index in [1.165, 1.54) is 11.8 Å². The maximum absolute atomic E-state index is 11.9. The highest BCUT2D eigenvalue weighted by molar-refractivity contribution is 8.00. The average Bonchev–Trinajstić information content (AvgIpc) is 2.49. The molecule has 0 fully saturated rings. The van der Waals surface area contributed by atoms with Crippen molar-refractivity contribution in [2.75, 3.05) is 11.1 Å². The van der Waals surface area contributed by atoms with E-state index >= 15 is 0 Å². The molecule has 0 unspecified atom stereocenters. The molecule has 1 aromatic carbocycles. The maximum atomic E-state index is 11.9. The Labute approximate surface area is 136 Å². The molecule has 7 heteroatoms. The monoisotopic (exact) mass is 337 g/mol. The van der Waals surface area contributed by atoms with Crippen molar-refractivity contribution in [3.63, 3.8) is 0 Å². The first-order chi connectivity index (χ1) is 10.1. The van der Waals surface area contributed by atoms with Crippen molar-refractivity contribution in [3.8, 4) is 6.07 Å². The minimum absolute atomic E-state index is 0.104. The maximum Gasteiger partial charge on any atom is 0.234 e. The lowest BCUT2D eigenvalue weighted by Gasteiger charge is -2.09. The number of amides is 1. The molecule has 1 heterocycles. The molecule has 21 heavy (non-hydrogen) atoms. The second-order valence-electron chi connectivity index (χ2n) is 3.90. The predicted octanol–water partition coefficient (Wildman–Crippen LogP) is 3.99. The average molecular weight is 338 g/mol. The van der Waals surface area contributed by atoms with Gasteiger partial charge >= 0.3 is 0 Å². The van der Waals surface area contributed by atoms with E-state index in [-0.39, 0.29) is 11.7 Å². The van der Waals surface area contributed by atoms with Gasteiger partial charge in [-0.2, -0.15) is 5.26 Å². The molecule has 2 aromatic rings. The number of nitrogens with one attached hydrogen (secondary N) is 1. The second-order valence-corrected chi connectivity index (χ2v) is 5.68. The van der Waals surface area contributed by atoms with Crippen LogP contribution in [0.5, 0.6) is 0 Å². The molecule has 0 aliphatic rings. The molecule has 1 amide bonds. The molecule has 0 atom stereocenters. The first-order valence-electron chi connectivity index (χ1n) is 5.83. The third kappa shape index (κ3) is 4.11. The number of rotatable bonds is 4. The van der Waals surface area contributed by atoms with Crippen LogP contribution in [0.25, 0.3) is 0 Å². The summed E-state index contributed by atoms with van der Waals surface area (Å²) in [5.74, 6) is -0.169. The van der Waals surface area contributed by atoms with Crippen LogP contribution in [0.1, 0.15) is 5.56 Å². The van der Waals surface area contributed by atoms with E-state index in [2.05, 4.69) is 10.3 Å². The number of pyridine rings is 1. The molecule has 0 saturated heterocycles. The summed E-state index contributed by atoms with van der Waals surface area (Å²) < 4.78 is 0. The third-order valence-electron chi connectivity index (χ3n) is 2.46. The zero-order valence-corrected chi connectivity index (χ0v) is 13.0. The zero-order chi connectivity index (χ0) is 15.2. The van der Waals surface area contributed by atoms with Gasteiger partial charge in [0.05, 0.1) is 27.0 Å². The Morgan fingerprint density at radius 3 is 2.67 bits per heavy atom. The van der Waals surface area contributed by atoms with Crippen molar-refractivity contribution in [2.24, 2.45) is 0 Å². The molecule has 1 aromatic heterocycles. The molecule has 4 nitrogen and oxygen atoms in total. The van der Waals surface area contributed by atoms with E-state index in [9.17, 15) is 4.79 Å². The van der Waals surface area contributed by atoms with E-state index in [1.807, 2.05) is 6.07 Å². The van der Waals surface area contributed by atoms with Gasteiger partial charge in [0.15, 0.2) is 0 Å². The van der Waals surface area contributed by atoms with Crippen LogP contribution in [0, 0.1) is 11.3 Å². The molecule has 1 N–H and O–H groups in total. The summed E-state index contributed by atoms with van der Waals surface area (Å²) >= 11 is 13.1. The Morgan fingerprint density at radius 1 is 1.29 bits per heavy atom. The molecular formula is C14H9Cl2N3OS. The number of hydrogen-bond acceptors (Lipinski definition) is 4.